The molecule has 0 spiro atoms. The molecule has 0 saturated heterocycles. The molecule has 0 bridgehead atoms. The number of nitrogens with one attached hydrogen (secondary N) is 1. The van der Waals surface area contributed by atoms with Crippen LogP contribution < -0.4 is 10.2 Å². The minimum Gasteiger partial charge on any atom is -0.378 e. The lowest BCUT2D eigenvalue weighted by Gasteiger charge is -2.13. The van der Waals surface area contributed by atoms with Crippen molar-refractivity contribution in [3.05, 3.63) is 48.5 Å². The molecule has 1 N–H and O–H groups in total. The second kappa shape index (κ2) is 6.97. The Morgan fingerprint density at radius 2 is 1.88 bits per heavy atom. The maximum atomic E-state index is 12.2. The fourth-order valence-corrected chi connectivity index (χ4v) is 3.21. The highest BCUT2D eigenvalue weighted by molar-refractivity contribution is 7.99. The number of rotatable bonds is 5. The molecule has 0 unspecified atom stereocenters. The van der Waals surface area contributed by atoms with Crippen LogP contribution in [0.2, 0.25) is 0 Å². The molecule has 6 heteroatoms. The smallest absolute Gasteiger partial charge is 0.234 e. The fourth-order valence-electron chi connectivity index (χ4n) is 2.42. The lowest BCUT2D eigenvalue weighted by Crippen LogP contribution is -2.14. The van der Waals surface area contributed by atoms with Gasteiger partial charge in [-0.2, -0.15) is 0 Å². The first-order valence-corrected chi connectivity index (χ1v) is 8.64. The molecule has 0 aliphatic rings. The second-order valence-corrected chi connectivity index (χ2v) is 6.66. The molecule has 0 saturated carbocycles. The van der Waals surface area contributed by atoms with Crippen LogP contribution in [-0.2, 0) is 11.8 Å². The van der Waals surface area contributed by atoms with Crippen molar-refractivity contribution < 1.29 is 4.79 Å². The second-order valence-electron chi connectivity index (χ2n) is 5.72. The molecule has 5 nitrogen and oxygen atoms in total. The van der Waals surface area contributed by atoms with E-state index in [4.69, 9.17) is 0 Å². The predicted octanol–water partition coefficient (Wildman–Crippen LogP) is 3.37. The number of anilines is 2. The Morgan fingerprint density at radius 1 is 1.17 bits per heavy atom. The van der Waals surface area contributed by atoms with Crippen LogP contribution in [-0.4, -0.2) is 35.3 Å². The van der Waals surface area contributed by atoms with Gasteiger partial charge in [-0.1, -0.05) is 23.9 Å². The van der Waals surface area contributed by atoms with Gasteiger partial charge in [0.2, 0.25) is 5.91 Å². The van der Waals surface area contributed by atoms with E-state index in [9.17, 15) is 4.79 Å². The summed E-state index contributed by atoms with van der Waals surface area (Å²) in [5.74, 6) is 0.289. The van der Waals surface area contributed by atoms with Crippen molar-refractivity contribution in [3.63, 3.8) is 0 Å². The van der Waals surface area contributed by atoms with E-state index in [0.717, 1.165) is 27.6 Å². The first-order valence-electron chi connectivity index (χ1n) is 7.66. The van der Waals surface area contributed by atoms with Crippen LogP contribution in [0.3, 0.4) is 0 Å². The van der Waals surface area contributed by atoms with Gasteiger partial charge in [0, 0.05) is 32.5 Å². The van der Waals surface area contributed by atoms with Gasteiger partial charge in [-0.15, -0.1) is 0 Å². The van der Waals surface area contributed by atoms with E-state index in [-0.39, 0.29) is 5.91 Å². The summed E-state index contributed by atoms with van der Waals surface area (Å²) in [6.45, 7) is 0. The van der Waals surface area contributed by atoms with E-state index in [0.29, 0.717) is 5.75 Å². The molecule has 0 aliphatic heterocycles. The van der Waals surface area contributed by atoms with E-state index in [1.54, 1.807) is 0 Å². The summed E-state index contributed by atoms with van der Waals surface area (Å²) < 4.78 is 2.01. The Kier molecular flexibility index (Phi) is 4.76. The molecule has 3 aromatic rings. The van der Waals surface area contributed by atoms with Gasteiger partial charge in [0.1, 0.15) is 0 Å². The Bertz CT molecular complexity index is 855. The minimum absolute atomic E-state index is 0.0374. The zero-order valence-electron chi connectivity index (χ0n) is 14.0. The molecule has 1 amide bonds. The van der Waals surface area contributed by atoms with Crippen LogP contribution in [0.25, 0.3) is 11.0 Å². The quantitative estimate of drug-likeness (QED) is 0.724. The molecule has 2 aromatic carbocycles. The Labute approximate surface area is 145 Å². The first kappa shape index (κ1) is 16.4. The van der Waals surface area contributed by atoms with Crippen LogP contribution in [0.5, 0.6) is 0 Å². The molecule has 0 atom stereocenters. The highest BCUT2D eigenvalue weighted by Gasteiger charge is 2.10. The van der Waals surface area contributed by atoms with Crippen molar-refractivity contribution in [1.82, 2.24) is 9.55 Å². The van der Waals surface area contributed by atoms with E-state index in [1.165, 1.54) is 11.8 Å². The van der Waals surface area contributed by atoms with Gasteiger partial charge < -0.3 is 14.8 Å². The van der Waals surface area contributed by atoms with Gasteiger partial charge in [-0.25, -0.2) is 4.98 Å². The van der Waals surface area contributed by atoms with Crippen molar-refractivity contribution in [1.29, 1.82) is 0 Å². The van der Waals surface area contributed by atoms with Gasteiger partial charge in [0.15, 0.2) is 5.16 Å². The van der Waals surface area contributed by atoms with Gasteiger partial charge in [0.25, 0.3) is 0 Å². The predicted molar refractivity (Wildman–Crippen MR) is 101 cm³/mol. The van der Waals surface area contributed by atoms with Gasteiger partial charge in [0.05, 0.1) is 16.8 Å². The number of aryl methyl sites for hydroxylation is 1. The molecule has 1 aromatic heterocycles. The van der Waals surface area contributed by atoms with Crippen LogP contribution in [0.1, 0.15) is 0 Å². The van der Waals surface area contributed by atoms with Gasteiger partial charge in [-0.3, -0.25) is 4.79 Å². The number of para-hydroxylation sites is 2. The summed E-state index contributed by atoms with van der Waals surface area (Å²) in [6, 6.07) is 15.7. The average molecular weight is 340 g/mol. The van der Waals surface area contributed by atoms with Crippen LogP contribution in [0.15, 0.2) is 53.7 Å². The molecule has 0 aliphatic carbocycles. The number of benzene rings is 2. The Morgan fingerprint density at radius 3 is 2.54 bits per heavy atom. The number of hydrogen-bond donors (Lipinski definition) is 1. The number of amides is 1. The average Bonchev–Trinajstić information content (AvgIpc) is 2.90. The van der Waals surface area contributed by atoms with Crippen molar-refractivity contribution in [2.45, 2.75) is 5.16 Å². The standard InChI is InChI=1S/C18H20N4OS/c1-21(2)14-10-8-13(9-11-14)19-17(23)12-24-18-20-15-6-4-5-7-16(15)22(18)3/h4-11H,12H2,1-3H3,(H,19,23). The summed E-state index contributed by atoms with van der Waals surface area (Å²) in [4.78, 5) is 18.7. The first-order chi connectivity index (χ1) is 11.5. The summed E-state index contributed by atoms with van der Waals surface area (Å²) in [7, 11) is 5.94. The number of thioether (sulfide) groups is 1. The maximum Gasteiger partial charge on any atom is 0.234 e. The monoisotopic (exact) mass is 340 g/mol. The highest BCUT2D eigenvalue weighted by atomic mass is 32.2. The van der Waals surface area contributed by atoms with E-state index in [2.05, 4.69) is 10.3 Å². The lowest BCUT2D eigenvalue weighted by molar-refractivity contribution is -0.113. The SMILES string of the molecule is CN(C)c1ccc(NC(=O)CSc2nc3ccccc3n2C)cc1. The molecule has 1 heterocycles. The minimum atomic E-state index is -0.0374. The van der Waals surface area contributed by atoms with Crippen LogP contribution in [0, 0.1) is 0 Å². The van der Waals surface area contributed by atoms with Crippen molar-refractivity contribution >= 4 is 40.1 Å². The van der Waals surface area contributed by atoms with Crippen molar-refractivity contribution in [2.75, 3.05) is 30.1 Å². The largest absolute Gasteiger partial charge is 0.378 e. The number of carbonyl (C=O) groups excluding carboxylic acids is 1. The number of fused-ring (bicyclic) bond motifs is 1. The third kappa shape index (κ3) is 3.54. The van der Waals surface area contributed by atoms with Crippen LogP contribution >= 0.6 is 11.8 Å². The zero-order chi connectivity index (χ0) is 17.1. The topological polar surface area (TPSA) is 50.2 Å². The molecule has 3 rings (SSSR count). The number of nitrogens with zero attached hydrogens (tertiary/aromatic N) is 3. The molecular formula is C18H20N4OS. The van der Waals surface area contributed by atoms with E-state index >= 15 is 0 Å². The normalized spacial score (nSPS) is 10.8. The molecule has 24 heavy (non-hydrogen) atoms. The Balaban J connectivity index is 1.61. The van der Waals surface area contributed by atoms with Crippen molar-refractivity contribution in [3.8, 4) is 0 Å². The number of aromatic nitrogens is 2. The zero-order valence-corrected chi connectivity index (χ0v) is 14.8. The van der Waals surface area contributed by atoms with Gasteiger partial charge in [-0.05, 0) is 36.4 Å². The molecular weight excluding hydrogens is 320 g/mol. The highest BCUT2D eigenvalue weighted by Crippen LogP contribution is 2.23. The lowest BCUT2D eigenvalue weighted by atomic mass is 10.2. The summed E-state index contributed by atoms with van der Waals surface area (Å²) in [6.07, 6.45) is 0. The van der Waals surface area contributed by atoms with Crippen LogP contribution in [0.4, 0.5) is 11.4 Å². The molecule has 124 valence electrons. The maximum absolute atomic E-state index is 12.2. The van der Waals surface area contributed by atoms with E-state index in [1.807, 2.05) is 79.1 Å². The summed E-state index contributed by atoms with van der Waals surface area (Å²) >= 11 is 1.44. The molecule has 0 radical (unpaired) electrons. The van der Waals surface area contributed by atoms with E-state index < -0.39 is 0 Å². The number of hydrogen-bond acceptors (Lipinski definition) is 4. The number of carbonyl (C=O) groups is 1. The summed E-state index contributed by atoms with van der Waals surface area (Å²) in [5.41, 5.74) is 3.92. The third-order valence-corrected chi connectivity index (χ3v) is 4.78. The van der Waals surface area contributed by atoms with Gasteiger partial charge >= 0.3 is 0 Å². The Hall–Kier alpha value is -2.47. The summed E-state index contributed by atoms with van der Waals surface area (Å²) in [5, 5.41) is 3.76. The fraction of sp³-hybridized carbons (Fsp3) is 0.222. The molecule has 0 fully saturated rings. The third-order valence-electron chi connectivity index (χ3n) is 3.75. The number of imidazole rings is 1. The van der Waals surface area contributed by atoms with Crippen molar-refractivity contribution in [2.24, 2.45) is 7.05 Å².